The van der Waals surface area contributed by atoms with Crippen molar-refractivity contribution >= 4 is 11.9 Å². The van der Waals surface area contributed by atoms with Gasteiger partial charge in [-0.2, -0.15) is 0 Å². The fourth-order valence-electron chi connectivity index (χ4n) is 7.47. The highest BCUT2D eigenvalue weighted by Crippen LogP contribution is 2.26. The summed E-state index contributed by atoms with van der Waals surface area (Å²) >= 11 is 0. The second-order valence-electron chi connectivity index (χ2n) is 18.0. The summed E-state index contributed by atoms with van der Waals surface area (Å²) in [4.78, 5) is 26.3. The molecule has 0 radical (unpaired) electrons. The molecule has 1 heterocycles. The first-order valence-corrected chi connectivity index (χ1v) is 26.7. The summed E-state index contributed by atoms with van der Waals surface area (Å²) in [6.07, 6.45) is 50.1. The van der Waals surface area contributed by atoms with Crippen LogP contribution in [0.2, 0.25) is 0 Å². The number of carbonyl (C=O) groups is 2. The van der Waals surface area contributed by atoms with Crippen molar-refractivity contribution in [3.8, 4) is 0 Å². The van der Waals surface area contributed by atoms with Crippen LogP contribution in [0.15, 0.2) is 109 Å². The van der Waals surface area contributed by atoms with Crippen molar-refractivity contribution in [1.82, 2.24) is 5.32 Å². The number of aliphatic hydroxyl groups excluding tert-OH is 5. The number of amides is 1. The van der Waals surface area contributed by atoms with E-state index in [-0.39, 0.29) is 19.4 Å². The minimum Gasteiger partial charge on any atom is -0.454 e. The number of rotatable bonds is 42. The standard InChI is InChI=1S/C58H95NO10/c1-4-7-10-13-16-19-22-24-25-26-27-28-31-34-37-40-43-46-53(63)69-56-55(65)54(64)52(47-60)68-58(56)67-48-49(50(61)44-41-38-35-32-29-21-18-15-12-9-6-3)59-57(66)51(62)45-42-39-36-33-30-23-20-17-14-11-8-5-2/h8,11,14,16-17,19-20,23-25,27-28,30,33-34,37,41,44,49-52,54-56,58,60-62,64-65H,4-7,9-10,12-13,15,18,21-22,26,29,31-32,35-36,38-40,42-43,45-48H2,1-3H3,(H,59,66)/b11-8+,17-14+,19-16-,23-20-,25-24-,28-27-,33-30-,37-34-,44-41+. The molecule has 0 aromatic heterocycles. The van der Waals surface area contributed by atoms with Gasteiger partial charge >= 0.3 is 5.97 Å². The second-order valence-corrected chi connectivity index (χ2v) is 18.0. The molecule has 1 saturated heterocycles. The third-order valence-electron chi connectivity index (χ3n) is 11.8. The normalized spacial score (nSPS) is 20.7. The lowest BCUT2D eigenvalue weighted by Crippen LogP contribution is -2.61. The molecule has 1 fully saturated rings. The molecule has 1 amide bonds. The molecular formula is C58H95NO10. The molecule has 0 spiro atoms. The van der Waals surface area contributed by atoms with E-state index < -0.39 is 67.4 Å². The van der Waals surface area contributed by atoms with Gasteiger partial charge in [0.05, 0.1) is 25.4 Å². The molecule has 1 aliphatic rings. The van der Waals surface area contributed by atoms with Gasteiger partial charge in [-0.15, -0.1) is 0 Å². The van der Waals surface area contributed by atoms with Crippen LogP contribution in [0.3, 0.4) is 0 Å². The first-order valence-electron chi connectivity index (χ1n) is 26.7. The molecule has 11 heteroatoms. The zero-order valence-corrected chi connectivity index (χ0v) is 42.9. The van der Waals surface area contributed by atoms with E-state index in [4.69, 9.17) is 14.2 Å². The van der Waals surface area contributed by atoms with Gasteiger partial charge in [-0.3, -0.25) is 9.59 Å². The second kappa shape index (κ2) is 45.5. The number of ether oxygens (including phenoxy) is 3. The maximum Gasteiger partial charge on any atom is 0.306 e. The van der Waals surface area contributed by atoms with Crippen molar-refractivity contribution in [2.75, 3.05) is 13.2 Å². The molecule has 0 bridgehead atoms. The van der Waals surface area contributed by atoms with Crippen molar-refractivity contribution in [2.45, 2.75) is 230 Å². The van der Waals surface area contributed by atoms with Crippen LogP contribution in [0.25, 0.3) is 0 Å². The summed E-state index contributed by atoms with van der Waals surface area (Å²) in [5, 5.41) is 56.5. The molecular weight excluding hydrogens is 871 g/mol. The van der Waals surface area contributed by atoms with Crippen molar-refractivity contribution < 1.29 is 49.3 Å². The molecule has 1 rings (SSSR count). The van der Waals surface area contributed by atoms with Gasteiger partial charge in [0, 0.05) is 6.42 Å². The lowest BCUT2D eigenvalue weighted by Gasteiger charge is -2.41. The molecule has 11 nitrogen and oxygen atoms in total. The van der Waals surface area contributed by atoms with E-state index in [0.29, 0.717) is 19.3 Å². The predicted molar refractivity (Wildman–Crippen MR) is 282 cm³/mol. The summed E-state index contributed by atoms with van der Waals surface area (Å²) in [7, 11) is 0. The number of hydrogen-bond acceptors (Lipinski definition) is 10. The molecule has 69 heavy (non-hydrogen) atoms. The Morgan fingerprint density at radius 2 is 1.10 bits per heavy atom. The number of hydrogen-bond donors (Lipinski definition) is 6. The quantitative estimate of drug-likeness (QED) is 0.0149. The lowest BCUT2D eigenvalue weighted by atomic mass is 9.99. The van der Waals surface area contributed by atoms with E-state index in [9.17, 15) is 35.1 Å². The van der Waals surface area contributed by atoms with Crippen LogP contribution in [-0.2, 0) is 23.8 Å². The van der Waals surface area contributed by atoms with Crippen LogP contribution in [0.5, 0.6) is 0 Å². The van der Waals surface area contributed by atoms with Gasteiger partial charge in [0.25, 0.3) is 0 Å². The maximum atomic E-state index is 13.3. The van der Waals surface area contributed by atoms with Crippen molar-refractivity contribution in [3.05, 3.63) is 109 Å². The summed E-state index contributed by atoms with van der Waals surface area (Å²) in [6.45, 7) is 5.50. The third-order valence-corrected chi connectivity index (χ3v) is 11.8. The molecule has 8 atom stereocenters. The molecule has 392 valence electrons. The fourth-order valence-corrected chi connectivity index (χ4v) is 7.47. The summed E-state index contributed by atoms with van der Waals surface area (Å²) < 4.78 is 17.4. The van der Waals surface area contributed by atoms with E-state index >= 15 is 0 Å². The zero-order chi connectivity index (χ0) is 50.4. The minimum atomic E-state index is -1.65. The minimum absolute atomic E-state index is 0.0364. The summed E-state index contributed by atoms with van der Waals surface area (Å²) in [5.74, 6) is -1.31. The van der Waals surface area contributed by atoms with Gasteiger partial charge in [-0.05, 0) is 83.5 Å². The monoisotopic (exact) mass is 966 g/mol. The number of aliphatic hydroxyl groups is 5. The SMILES string of the molecule is CC/C=C/C=C/C=C\C=C/CCCCC(O)C(=O)NC(COC1OC(CO)C(O)C(O)C1OC(=O)CCC/C=C\C/C=C\C/C=C\C/C=C\CCCCC)C(O)/C=C/CCCCCCCCCCC. The maximum absolute atomic E-state index is 13.3. The van der Waals surface area contributed by atoms with Crippen LogP contribution in [-0.4, -0.2) is 99.6 Å². The van der Waals surface area contributed by atoms with Gasteiger partial charge < -0.3 is 45.1 Å². The molecule has 0 aromatic rings. The predicted octanol–water partition coefficient (Wildman–Crippen LogP) is 11.4. The molecule has 0 saturated carbocycles. The molecule has 8 unspecified atom stereocenters. The Labute approximate surface area is 418 Å². The van der Waals surface area contributed by atoms with Gasteiger partial charge in [0.15, 0.2) is 12.4 Å². The summed E-state index contributed by atoms with van der Waals surface area (Å²) in [5.41, 5.74) is 0. The first-order chi connectivity index (χ1) is 33.7. The van der Waals surface area contributed by atoms with Gasteiger partial charge in [-0.25, -0.2) is 0 Å². The number of carbonyl (C=O) groups excluding carboxylic acids is 2. The van der Waals surface area contributed by atoms with Gasteiger partial charge in [0.1, 0.15) is 24.4 Å². The molecule has 0 aromatic carbocycles. The Morgan fingerprint density at radius 1 is 0.594 bits per heavy atom. The Hall–Kier alpha value is -3.68. The number of esters is 1. The zero-order valence-electron chi connectivity index (χ0n) is 42.9. The summed E-state index contributed by atoms with van der Waals surface area (Å²) in [6, 6.07) is -1.06. The number of allylic oxidation sites excluding steroid dienone is 17. The van der Waals surface area contributed by atoms with Crippen LogP contribution < -0.4 is 5.32 Å². The first kappa shape index (κ1) is 63.3. The Balaban J connectivity index is 2.83. The average Bonchev–Trinajstić information content (AvgIpc) is 3.34. The van der Waals surface area contributed by atoms with Crippen LogP contribution in [0, 0.1) is 0 Å². The molecule has 1 aliphatic heterocycles. The molecule has 0 aliphatic carbocycles. The Bertz CT molecular complexity index is 1530. The van der Waals surface area contributed by atoms with E-state index in [0.717, 1.165) is 70.6 Å². The highest BCUT2D eigenvalue weighted by atomic mass is 16.7. The number of unbranched alkanes of at least 4 members (excludes halogenated alkanes) is 15. The largest absolute Gasteiger partial charge is 0.454 e. The van der Waals surface area contributed by atoms with Crippen LogP contribution in [0.4, 0.5) is 0 Å². The highest BCUT2D eigenvalue weighted by molar-refractivity contribution is 5.80. The third kappa shape index (κ3) is 34.3. The topological polar surface area (TPSA) is 175 Å². The van der Waals surface area contributed by atoms with Crippen LogP contribution >= 0.6 is 0 Å². The fraction of sp³-hybridized carbons (Fsp3) is 0.655. The smallest absolute Gasteiger partial charge is 0.306 e. The van der Waals surface area contributed by atoms with Gasteiger partial charge in [-0.1, -0.05) is 201 Å². The number of nitrogens with one attached hydrogen (secondary N) is 1. The van der Waals surface area contributed by atoms with E-state index in [2.05, 4.69) is 68.6 Å². The van der Waals surface area contributed by atoms with E-state index in [1.807, 2.05) is 60.8 Å². The van der Waals surface area contributed by atoms with Crippen molar-refractivity contribution in [3.63, 3.8) is 0 Å². The van der Waals surface area contributed by atoms with Gasteiger partial charge in [0.2, 0.25) is 5.91 Å². The van der Waals surface area contributed by atoms with Crippen molar-refractivity contribution in [2.24, 2.45) is 0 Å². The lowest BCUT2D eigenvalue weighted by molar-refractivity contribution is -0.305. The van der Waals surface area contributed by atoms with E-state index in [1.165, 1.54) is 57.8 Å². The van der Waals surface area contributed by atoms with Crippen LogP contribution in [0.1, 0.15) is 181 Å². The molecule has 6 N–H and O–H groups in total. The highest BCUT2D eigenvalue weighted by Gasteiger charge is 2.47. The average molecular weight is 966 g/mol. The Kier molecular flexibility index (Phi) is 41.7. The van der Waals surface area contributed by atoms with E-state index in [1.54, 1.807) is 6.08 Å². The van der Waals surface area contributed by atoms with Crippen molar-refractivity contribution in [1.29, 1.82) is 0 Å². The Morgan fingerprint density at radius 3 is 1.72 bits per heavy atom.